The van der Waals surface area contributed by atoms with Gasteiger partial charge in [0.2, 0.25) is 0 Å². The molecule has 2 aromatic rings. The third-order valence-corrected chi connectivity index (χ3v) is 3.98. The Hall–Kier alpha value is -2.44. The second-order valence-electron chi connectivity index (χ2n) is 5.59. The summed E-state index contributed by atoms with van der Waals surface area (Å²) in [4.78, 5) is 23.8. The minimum atomic E-state index is -0.490. The van der Waals surface area contributed by atoms with Gasteiger partial charge in [0.1, 0.15) is 11.5 Å². The fraction of sp³-hybridized carbons (Fsp3) is 0.263. The van der Waals surface area contributed by atoms with Crippen LogP contribution in [0.4, 0.5) is 5.69 Å². The molecule has 0 spiro atoms. The molecule has 0 aliphatic rings. The molecule has 0 bridgehead atoms. The number of halogens is 2. The predicted octanol–water partition coefficient (Wildman–Crippen LogP) is 4.13. The predicted molar refractivity (Wildman–Crippen MR) is 104 cm³/mol. The molecule has 0 unspecified atom stereocenters. The summed E-state index contributed by atoms with van der Waals surface area (Å²) in [5.41, 5.74) is 1.29. The van der Waals surface area contributed by atoms with Gasteiger partial charge in [-0.1, -0.05) is 23.2 Å². The van der Waals surface area contributed by atoms with E-state index in [0.29, 0.717) is 33.7 Å². The summed E-state index contributed by atoms with van der Waals surface area (Å²) in [6.07, 6.45) is 0.546. The number of hydrogen-bond donors (Lipinski definition) is 1. The fourth-order valence-corrected chi connectivity index (χ4v) is 2.82. The quantitative estimate of drug-likeness (QED) is 0.661. The number of carbonyl (C=O) groups excluding carboxylic acids is 2. The van der Waals surface area contributed by atoms with Gasteiger partial charge in [-0.25, -0.2) is 0 Å². The molecule has 0 saturated heterocycles. The molecule has 0 aliphatic heterocycles. The highest BCUT2D eigenvalue weighted by Gasteiger charge is 2.10. The van der Waals surface area contributed by atoms with Crippen LogP contribution in [0.15, 0.2) is 36.4 Å². The van der Waals surface area contributed by atoms with Gasteiger partial charge in [0, 0.05) is 28.2 Å². The Bertz CT molecular complexity index is 783. The van der Waals surface area contributed by atoms with Gasteiger partial charge in [-0.3, -0.25) is 9.59 Å². The minimum absolute atomic E-state index is 0.118. The fourth-order valence-electron chi connectivity index (χ4n) is 2.30. The number of esters is 1. The molecule has 2 aromatic carbocycles. The smallest absolute Gasteiger partial charge is 0.306 e. The zero-order valence-electron chi connectivity index (χ0n) is 14.9. The number of amides is 1. The molecule has 2 rings (SSSR count). The molecule has 0 aromatic heterocycles. The van der Waals surface area contributed by atoms with Crippen molar-refractivity contribution in [2.75, 3.05) is 26.1 Å². The maximum Gasteiger partial charge on any atom is 0.306 e. The Morgan fingerprint density at radius 2 is 1.52 bits per heavy atom. The van der Waals surface area contributed by atoms with Crippen molar-refractivity contribution in [3.8, 4) is 11.5 Å². The standard InChI is InChI=1S/C19H19Cl2NO5/c1-25-16-5-12(6-17(10-16)26-2)3-4-19(24)27-11-18(23)22-15-8-13(20)7-14(21)9-15/h5-10H,3-4,11H2,1-2H3,(H,22,23). The zero-order valence-corrected chi connectivity index (χ0v) is 16.4. The largest absolute Gasteiger partial charge is 0.497 e. The maximum atomic E-state index is 11.9. The van der Waals surface area contributed by atoms with Crippen LogP contribution in [-0.2, 0) is 20.7 Å². The molecule has 0 saturated carbocycles. The first-order valence-electron chi connectivity index (χ1n) is 8.03. The number of rotatable bonds is 8. The highest BCUT2D eigenvalue weighted by Crippen LogP contribution is 2.24. The highest BCUT2D eigenvalue weighted by atomic mass is 35.5. The number of anilines is 1. The van der Waals surface area contributed by atoms with E-state index in [4.69, 9.17) is 37.4 Å². The summed E-state index contributed by atoms with van der Waals surface area (Å²) in [6.45, 7) is -0.398. The summed E-state index contributed by atoms with van der Waals surface area (Å²) in [6, 6.07) is 10.0. The van der Waals surface area contributed by atoms with E-state index in [2.05, 4.69) is 5.32 Å². The first-order chi connectivity index (χ1) is 12.9. The van der Waals surface area contributed by atoms with Crippen molar-refractivity contribution in [3.05, 3.63) is 52.0 Å². The van der Waals surface area contributed by atoms with Crippen LogP contribution < -0.4 is 14.8 Å². The average molecular weight is 412 g/mol. The highest BCUT2D eigenvalue weighted by molar-refractivity contribution is 6.35. The normalized spacial score (nSPS) is 10.2. The lowest BCUT2D eigenvalue weighted by Crippen LogP contribution is -2.21. The number of carbonyl (C=O) groups is 2. The molecule has 1 amide bonds. The summed E-state index contributed by atoms with van der Waals surface area (Å²) < 4.78 is 15.4. The molecule has 0 atom stereocenters. The number of methoxy groups -OCH3 is 2. The number of aryl methyl sites for hydroxylation is 1. The van der Waals surface area contributed by atoms with Crippen molar-refractivity contribution in [2.24, 2.45) is 0 Å². The van der Waals surface area contributed by atoms with Gasteiger partial charge in [-0.2, -0.15) is 0 Å². The van der Waals surface area contributed by atoms with Gasteiger partial charge in [0.05, 0.1) is 14.2 Å². The van der Waals surface area contributed by atoms with Crippen LogP contribution in [-0.4, -0.2) is 32.7 Å². The number of benzene rings is 2. The van der Waals surface area contributed by atoms with Crippen molar-refractivity contribution < 1.29 is 23.8 Å². The lowest BCUT2D eigenvalue weighted by atomic mass is 10.1. The summed E-state index contributed by atoms with van der Waals surface area (Å²) in [7, 11) is 3.11. The molecule has 8 heteroatoms. The van der Waals surface area contributed by atoms with E-state index in [9.17, 15) is 9.59 Å². The monoisotopic (exact) mass is 411 g/mol. The van der Waals surface area contributed by atoms with Crippen LogP contribution in [0, 0.1) is 0 Å². The summed E-state index contributed by atoms with van der Waals surface area (Å²) in [5.74, 6) is 0.301. The molecule has 0 radical (unpaired) electrons. The van der Waals surface area contributed by atoms with Crippen LogP contribution in [0.5, 0.6) is 11.5 Å². The van der Waals surface area contributed by atoms with Crippen molar-refractivity contribution in [3.63, 3.8) is 0 Å². The molecule has 144 valence electrons. The minimum Gasteiger partial charge on any atom is -0.497 e. The van der Waals surface area contributed by atoms with Crippen molar-refractivity contribution in [2.45, 2.75) is 12.8 Å². The number of hydrogen-bond acceptors (Lipinski definition) is 5. The topological polar surface area (TPSA) is 73.9 Å². The SMILES string of the molecule is COc1cc(CCC(=O)OCC(=O)Nc2cc(Cl)cc(Cl)c2)cc(OC)c1. The van der Waals surface area contributed by atoms with E-state index in [1.54, 1.807) is 38.5 Å². The Kier molecular flexibility index (Phi) is 7.76. The third-order valence-electron chi connectivity index (χ3n) is 3.54. The van der Waals surface area contributed by atoms with Crippen molar-refractivity contribution >= 4 is 40.8 Å². The van der Waals surface area contributed by atoms with Crippen molar-refractivity contribution in [1.29, 1.82) is 0 Å². The van der Waals surface area contributed by atoms with Crippen LogP contribution in [0.25, 0.3) is 0 Å². The average Bonchev–Trinajstić information content (AvgIpc) is 2.63. The van der Waals surface area contributed by atoms with E-state index in [0.717, 1.165) is 5.56 Å². The number of nitrogens with one attached hydrogen (secondary N) is 1. The van der Waals surface area contributed by atoms with Crippen LogP contribution >= 0.6 is 23.2 Å². The third kappa shape index (κ3) is 7.00. The van der Waals surface area contributed by atoms with Crippen LogP contribution in [0.1, 0.15) is 12.0 Å². The lowest BCUT2D eigenvalue weighted by Gasteiger charge is -2.09. The summed E-state index contributed by atoms with van der Waals surface area (Å²) >= 11 is 11.7. The number of ether oxygens (including phenoxy) is 3. The maximum absolute atomic E-state index is 11.9. The molecule has 1 N–H and O–H groups in total. The molecule has 0 fully saturated rings. The molecule has 0 aliphatic carbocycles. The van der Waals surface area contributed by atoms with Gasteiger partial charge in [0.15, 0.2) is 6.61 Å². The van der Waals surface area contributed by atoms with E-state index >= 15 is 0 Å². The Morgan fingerprint density at radius 1 is 0.926 bits per heavy atom. The molecule has 6 nitrogen and oxygen atoms in total. The van der Waals surface area contributed by atoms with E-state index < -0.39 is 18.5 Å². The van der Waals surface area contributed by atoms with Gasteiger partial charge >= 0.3 is 5.97 Å². The Morgan fingerprint density at radius 3 is 2.07 bits per heavy atom. The van der Waals surface area contributed by atoms with E-state index in [1.807, 2.05) is 12.1 Å². The molecule has 27 heavy (non-hydrogen) atoms. The Balaban J connectivity index is 1.81. The zero-order chi connectivity index (χ0) is 19.8. The van der Waals surface area contributed by atoms with E-state index in [-0.39, 0.29) is 6.42 Å². The molecule has 0 heterocycles. The first kappa shape index (κ1) is 20.9. The molecular formula is C19H19Cl2NO5. The van der Waals surface area contributed by atoms with Crippen LogP contribution in [0.3, 0.4) is 0 Å². The second-order valence-corrected chi connectivity index (χ2v) is 6.46. The Labute approximate surface area is 167 Å². The van der Waals surface area contributed by atoms with E-state index in [1.165, 1.54) is 0 Å². The first-order valence-corrected chi connectivity index (χ1v) is 8.78. The van der Waals surface area contributed by atoms with Gasteiger partial charge in [0.25, 0.3) is 5.91 Å². The van der Waals surface area contributed by atoms with Gasteiger partial charge in [-0.05, 0) is 42.3 Å². The lowest BCUT2D eigenvalue weighted by molar-refractivity contribution is -0.147. The van der Waals surface area contributed by atoms with Gasteiger partial charge < -0.3 is 19.5 Å². The van der Waals surface area contributed by atoms with Gasteiger partial charge in [-0.15, -0.1) is 0 Å². The summed E-state index contributed by atoms with van der Waals surface area (Å²) in [5, 5.41) is 3.35. The van der Waals surface area contributed by atoms with Crippen LogP contribution in [0.2, 0.25) is 10.0 Å². The second kappa shape index (κ2) is 10.0. The molecular weight excluding hydrogens is 393 g/mol. The van der Waals surface area contributed by atoms with Crippen molar-refractivity contribution in [1.82, 2.24) is 0 Å².